The summed E-state index contributed by atoms with van der Waals surface area (Å²) in [4.78, 5) is 12.6. The Labute approximate surface area is 130 Å². The van der Waals surface area contributed by atoms with Gasteiger partial charge in [-0.05, 0) is 43.5 Å². The summed E-state index contributed by atoms with van der Waals surface area (Å²) in [5.41, 5.74) is 1.37. The summed E-state index contributed by atoms with van der Waals surface area (Å²) >= 11 is 0. The van der Waals surface area contributed by atoms with Crippen LogP contribution in [0.2, 0.25) is 0 Å². The fraction of sp³-hybridized carbons (Fsp3) is 0.316. The molecule has 114 valence electrons. The van der Waals surface area contributed by atoms with Gasteiger partial charge in [0.05, 0.1) is 19.1 Å². The van der Waals surface area contributed by atoms with Crippen molar-refractivity contribution in [1.29, 1.82) is 0 Å². The first-order valence-corrected chi connectivity index (χ1v) is 7.54. The molecular formula is C19H20O3. The molecular weight excluding hydrogens is 276 g/mol. The van der Waals surface area contributed by atoms with Crippen LogP contribution < -0.4 is 9.47 Å². The minimum absolute atomic E-state index is 0.0549. The average molecular weight is 296 g/mol. The molecule has 1 aliphatic rings. The number of fused-ring (bicyclic) bond motifs is 1. The predicted octanol–water partition coefficient (Wildman–Crippen LogP) is 4.05. The van der Waals surface area contributed by atoms with Crippen molar-refractivity contribution >= 4 is 5.78 Å². The van der Waals surface area contributed by atoms with E-state index >= 15 is 0 Å². The van der Waals surface area contributed by atoms with Crippen molar-refractivity contribution in [2.75, 3.05) is 7.11 Å². The number of hydrogen-bond acceptors (Lipinski definition) is 3. The van der Waals surface area contributed by atoms with E-state index < -0.39 is 5.60 Å². The second kappa shape index (κ2) is 5.84. The number of ketones is 1. The Morgan fingerprint density at radius 3 is 2.73 bits per heavy atom. The van der Waals surface area contributed by atoms with E-state index in [0.29, 0.717) is 17.7 Å². The maximum Gasteiger partial charge on any atom is 0.170 e. The van der Waals surface area contributed by atoms with Crippen LogP contribution in [0.4, 0.5) is 0 Å². The van der Waals surface area contributed by atoms with E-state index in [1.807, 2.05) is 43.3 Å². The number of hydrogen-bond donors (Lipinski definition) is 0. The molecule has 1 unspecified atom stereocenters. The van der Waals surface area contributed by atoms with Gasteiger partial charge >= 0.3 is 0 Å². The highest BCUT2D eigenvalue weighted by molar-refractivity contribution is 5.99. The second-order valence-corrected chi connectivity index (χ2v) is 5.96. The maximum absolute atomic E-state index is 12.6. The third kappa shape index (κ3) is 2.84. The van der Waals surface area contributed by atoms with Crippen LogP contribution in [0.5, 0.6) is 11.5 Å². The molecule has 0 radical (unpaired) electrons. The Morgan fingerprint density at radius 2 is 1.91 bits per heavy atom. The predicted molar refractivity (Wildman–Crippen MR) is 85.7 cm³/mol. The number of Topliss-reactive ketones (excluding diaryl/α,β-unsaturated/α-hetero) is 1. The van der Waals surface area contributed by atoms with E-state index in [9.17, 15) is 4.79 Å². The van der Waals surface area contributed by atoms with Crippen LogP contribution in [-0.2, 0) is 6.42 Å². The van der Waals surface area contributed by atoms with Gasteiger partial charge in [-0.2, -0.15) is 0 Å². The number of benzene rings is 2. The highest BCUT2D eigenvalue weighted by Crippen LogP contribution is 2.36. The lowest BCUT2D eigenvalue weighted by Crippen LogP contribution is -2.38. The number of carbonyl (C=O) groups excluding carboxylic acids is 1. The first kappa shape index (κ1) is 14.6. The molecule has 0 amide bonds. The summed E-state index contributed by atoms with van der Waals surface area (Å²) in [6.45, 7) is 2.01. The fourth-order valence-electron chi connectivity index (χ4n) is 2.96. The van der Waals surface area contributed by atoms with Crippen molar-refractivity contribution in [3.8, 4) is 11.5 Å². The smallest absolute Gasteiger partial charge is 0.170 e. The van der Waals surface area contributed by atoms with Crippen molar-refractivity contribution in [2.24, 2.45) is 0 Å². The van der Waals surface area contributed by atoms with Crippen LogP contribution in [0.15, 0.2) is 48.5 Å². The van der Waals surface area contributed by atoms with Crippen LogP contribution >= 0.6 is 0 Å². The molecule has 0 aliphatic carbocycles. The molecule has 1 aliphatic heterocycles. The summed E-state index contributed by atoms with van der Waals surface area (Å²) in [7, 11) is 1.58. The lowest BCUT2D eigenvalue weighted by molar-refractivity contribution is 0.0492. The normalized spacial score (nSPS) is 19.9. The van der Waals surface area contributed by atoms with Gasteiger partial charge in [-0.3, -0.25) is 4.79 Å². The van der Waals surface area contributed by atoms with Gasteiger partial charge in [0.15, 0.2) is 5.78 Å². The second-order valence-electron chi connectivity index (χ2n) is 5.96. The molecule has 0 fully saturated rings. The summed E-state index contributed by atoms with van der Waals surface area (Å²) in [5.74, 6) is 1.57. The minimum atomic E-state index is -0.466. The molecule has 0 saturated carbocycles. The zero-order chi connectivity index (χ0) is 15.6. The van der Waals surface area contributed by atoms with E-state index in [1.54, 1.807) is 13.2 Å². The maximum atomic E-state index is 12.6. The fourth-order valence-corrected chi connectivity index (χ4v) is 2.96. The largest absolute Gasteiger partial charge is 0.496 e. The van der Waals surface area contributed by atoms with Gasteiger partial charge in [0.25, 0.3) is 0 Å². The van der Waals surface area contributed by atoms with Crippen molar-refractivity contribution in [2.45, 2.75) is 31.8 Å². The molecule has 1 heterocycles. The highest BCUT2D eigenvalue weighted by Gasteiger charge is 2.34. The summed E-state index contributed by atoms with van der Waals surface area (Å²) < 4.78 is 11.4. The lowest BCUT2D eigenvalue weighted by Gasteiger charge is -2.35. The van der Waals surface area contributed by atoms with Crippen LogP contribution in [0.1, 0.15) is 35.7 Å². The molecule has 2 aromatic carbocycles. The molecule has 3 rings (SSSR count). The number of ether oxygens (including phenoxy) is 2. The molecule has 3 nitrogen and oxygen atoms in total. The van der Waals surface area contributed by atoms with Gasteiger partial charge in [-0.15, -0.1) is 0 Å². The van der Waals surface area contributed by atoms with E-state index in [2.05, 4.69) is 6.07 Å². The van der Waals surface area contributed by atoms with Crippen LogP contribution in [0.3, 0.4) is 0 Å². The molecule has 22 heavy (non-hydrogen) atoms. The first-order chi connectivity index (χ1) is 10.6. The van der Waals surface area contributed by atoms with E-state index in [1.165, 1.54) is 5.56 Å². The van der Waals surface area contributed by atoms with Gasteiger partial charge in [0.1, 0.15) is 17.1 Å². The molecule has 0 spiro atoms. The molecule has 2 aromatic rings. The third-order valence-electron chi connectivity index (χ3n) is 4.19. The topological polar surface area (TPSA) is 35.5 Å². The monoisotopic (exact) mass is 296 g/mol. The summed E-state index contributed by atoms with van der Waals surface area (Å²) in [6, 6.07) is 15.4. The number of carbonyl (C=O) groups is 1. The number of para-hydroxylation sites is 2. The Morgan fingerprint density at radius 1 is 1.18 bits per heavy atom. The summed E-state index contributed by atoms with van der Waals surface area (Å²) in [5, 5.41) is 0. The van der Waals surface area contributed by atoms with Crippen LogP contribution in [0.25, 0.3) is 0 Å². The average Bonchev–Trinajstić information content (AvgIpc) is 2.54. The standard InChI is InChI=1S/C19H20O3/c1-19(12-11-14-7-3-5-9-17(14)22-19)13-16(20)15-8-4-6-10-18(15)21-2/h3-10H,11-13H2,1-2H3. The zero-order valence-electron chi connectivity index (χ0n) is 13.0. The van der Waals surface area contributed by atoms with Crippen LogP contribution in [-0.4, -0.2) is 18.5 Å². The van der Waals surface area contributed by atoms with Crippen LogP contribution in [0, 0.1) is 0 Å². The molecule has 0 saturated heterocycles. The van der Waals surface area contributed by atoms with Crippen molar-refractivity contribution in [3.05, 3.63) is 59.7 Å². The minimum Gasteiger partial charge on any atom is -0.496 e. The highest BCUT2D eigenvalue weighted by atomic mass is 16.5. The van der Waals surface area contributed by atoms with Gasteiger partial charge in [0.2, 0.25) is 0 Å². The zero-order valence-corrected chi connectivity index (χ0v) is 13.0. The quantitative estimate of drug-likeness (QED) is 0.798. The molecule has 3 heteroatoms. The van der Waals surface area contributed by atoms with Crippen molar-refractivity contribution in [3.63, 3.8) is 0 Å². The molecule has 0 aromatic heterocycles. The van der Waals surface area contributed by atoms with E-state index in [0.717, 1.165) is 18.6 Å². The number of aryl methyl sites for hydroxylation is 1. The lowest BCUT2D eigenvalue weighted by atomic mass is 9.87. The Kier molecular flexibility index (Phi) is 3.88. The Bertz CT molecular complexity index is 693. The summed E-state index contributed by atoms with van der Waals surface area (Å²) in [6.07, 6.45) is 2.12. The van der Waals surface area contributed by atoms with E-state index in [-0.39, 0.29) is 5.78 Å². The Balaban J connectivity index is 1.80. The SMILES string of the molecule is COc1ccccc1C(=O)CC1(C)CCc2ccccc2O1. The van der Waals surface area contributed by atoms with Gasteiger partial charge in [-0.1, -0.05) is 30.3 Å². The molecule has 0 bridgehead atoms. The first-order valence-electron chi connectivity index (χ1n) is 7.54. The van der Waals surface area contributed by atoms with Crippen molar-refractivity contribution < 1.29 is 14.3 Å². The van der Waals surface area contributed by atoms with E-state index in [4.69, 9.17) is 9.47 Å². The Hall–Kier alpha value is -2.29. The van der Waals surface area contributed by atoms with Gasteiger partial charge < -0.3 is 9.47 Å². The number of rotatable bonds is 4. The number of methoxy groups -OCH3 is 1. The molecule has 0 N–H and O–H groups in total. The van der Waals surface area contributed by atoms with Crippen molar-refractivity contribution in [1.82, 2.24) is 0 Å². The third-order valence-corrected chi connectivity index (χ3v) is 4.19. The van der Waals surface area contributed by atoms with Gasteiger partial charge in [-0.25, -0.2) is 0 Å². The molecule has 1 atom stereocenters. The van der Waals surface area contributed by atoms with Gasteiger partial charge in [0, 0.05) is 0 Å².